The number of nitrogen functional groups attached to an aromatic ring is 1. The molecule has 0 unspecified atom stereocenters. The Hall–Kier alpha value is -4.26. The molecule has 0 saturated heterocycles. The number of fused-ring (bicyclic) bond motifs is 6. The second-order valence-electron chi connectivity index (χ2n) is 8.05. The van der Waals surface area contributed by atoms with Gasteiger partial charge in [-0.25, -0.2) is 9.97 Å². The molecule has 156 valence electrons. The summed E-state index contributed by atoms with van der Waals surface area (Å²) in [6.07, 6.45) is 3.37. The Morgan fingerprint density at radius 1 is 1.09 bits per heavy atom. The van der Waals surface area contributed by atoms with Crippen LogP contribution in [0.1, 0.15) is 18.5 Å². The van der Waals surface area contributed by atoms with Crippen molar-refractivity contribution < 1.29 is 4.79 Å². The van der Waals surface area contributed by atoms with E-state index in [1.807, 2.05) is 36.5 Å². The van der Waals surface area contributed by atoms with Crippen molar-refractivity contribution in [2.75, 3.05) is 5.73 Å². The van der Waals surface area contributed by atoms with Crippen molar-refractivity contribution in [1.29, 1.82) is 0 Å². The maximum Gasteiger partial charge on any atom is 0.217 e. The molecule has 0 bridgehead atoms. The standard InChI is InChI=1S/C25H20N6O/c1-14(32)30-20-12-31-23(18-8-4-3-7-17(18)20)21(22-24(26)28-13-29-25(22)31)16-10-15-6-2-5-9-19(15)27-11-16/h2-11,13,20H,12H2,1H3,(H,30,32)(H2,26,28,29)/t20-/m1/s1. The van der Waals surface area contributed by atoms with Gasteiger partial charge in [-0.15, -0.1) is 0 Å². The molecule has 1 amide bonds. The van der Waals surface area contributed by atoms with Crippen molar-refractivity contribution in [1.82, 2.24) is 24.8 Å². The lowest BCUT2D eigenvalue weighted by Gasteiger charge is -2.29. The molecular formula is C25H20N6O. The summed E-state index contributed by atoms with van der Waals surface area (Å²) in [7, 11) is 0. The molecule has 1 atom stereocenters. The molecule has 0 saturated carbocycles. The maximum atomic E-state index is 11.9. The minimum Gasteiger partial charge on any atom is -0.383 e. The number of carbonyl (C=O) groups excluding carboxylic acids is 1. The highest BCUT2D eigenvalue weighted by Crippen LogP contribution is 2.47. The summed E-state index contributed by atoms with van der Waals surface area (Å²) in [6.45, 7) is 2.10. The number of rotatable bonds is 2. The van der Waals surface area contributed by atoms with Crippen molar-refractivity contribution in [3.05, 3.63) is 72.7 Å². The first-order chi connectivity index (χ1) is 15.6. The van der Waals surface area contributed by atoms with Gasteiger partial charge in [-0.3, -0.25) is 9.78 Å². The molecule has 7 nitrogen and oxygen atoms in total. The lowest BCUT2D eigenvalue weighted by Crippen LogP contribution is -2.32. The van der Waals surface area contributed by atoms with Crippen LogP contribution in [0.3, 0.4) is 0 Å². The predicted molar refractivity (Wildman–Crippen MR) is 125 cm³/mol. The summed E-state index contributed by atoms with van der Waals surface area (Å²) < 4.78 is 2.14. The van der Waals surface area contributed by atoms with Crippen LogP contribution in [-0.2, 0) is 11.3 Å². The Morgan fingerprint density at radius 2 is 1.91 bits per heavy atom. The molecule has 3 aromatic heterocycles. The zero-order chi connectivity index (χ0) is 21.8. The van der Waals surface area contributed by atoms with Crippen LogP contribution in [-0.4, -0.2) is 25.4 Å². The van der Waals surface area contributed by atoms with Crippen molar-refractivity contribution in [2.24, 2.45) is 0 Å². The van der Waals surface area contributed by atoms with Gasteiger partial charge < -0.3 is 15.6 Å². The van der Waals surface area contributed by atoms with E-state index in [4.69, 9.17) is 5.73 Å². The molecule has 6 rings (SSSR count). The van der Waals surface area contributed by atoms with Gasteiger partial charge in [0.05, 0.1) is 22.6 Å². The van der Waals surface area contributed by atoms with Crippen LogP contribution in [0.5, 0.6) is 0 Å². The van der Waals surface area contributed by atoms with Crippen molar-refractivity contribution >= 4 is 33.7 Å². The number of hydrogen-bond acceptors (Lipinski definition) is 5. The highest BCUT2D eigenvalue weighted by atomic mass is 16.1. The van der Waals surface area contributed by atoms with Crippen LogP contribution in [0.25, 0.3) is 44.3 Å². The monoisotopic (exact) mass is 420 g/mol. The van der Waals surface area contributed by atoms with Crippen molar-refractivity contribution in [3.8, 4) is 22.4 Å². The average molecular weight is 420 g/mol. The Balaban J connectivity index is 1.71. The summed E-state index contributed by atoms with van der Waals surface area (Å²) in [5.74, 6) is 0.353. The van der Waals surface area contributed by atoms with Crippen LogP contribution in [0.15, 0.2) is 67.1 Å². The third-order valence-electron chi connectivity index (χ3n) is 6.08. The zero-order valence-corrected chi connectivity index (χ0v) is 17.4. The molecule has 7 heteroatoms. The predicted octanol–water partition coefficient (Wildman–Crippen LogP) is 4.09. The fourth-order valence-electron chi connectivity index (χ4n) is 4.81. The number of nitrogens with one attached hydrogen (secondary N) is 1. The SMILES string of the molecule is CC(=O)N[C@@H]1Cn2c(c(-c3cnc4ccccc4c3)c3c(N)ncnc32)-c2ccccc21. The van der Waals surface area contributed by atoms with Crippen molar-refractivity contribution in [3.63, 3.8) is 0 Å². The average Bonchev–Trinajstić information content (AvgIpc) is 3.14. The number of anilines is 1. The molecule has 32 heavy (non-hydrogen) atoms. The van der Waals surface area contributed by atoms with Crippen LogP contribution in [0.2, 0.25) is 0 Å². The molecule has 3 N–H and O–H groups in total. The van der Waals surface area contributed by atoms with E-state index in [1.54, 1.807) is 0 Å². The number of nitrogens with zero attached hydrogens (tertiary/aromatic N) is 4. The second-order valence-corrected chi connectivity index (χ2v) is 8.05. The van der Waals surface area contributed by atoms with E-state index in [2.05, 4.69) is 49.1 Å². The second kappa shape index (κ2) is 6.88. The highest BCUT2D eigenvalue weighted by molar-refractivity contribution is 6.09. The third-order valence-corrected chi connectivity index (χ3v) is 6.08. The smallest absolute Gasteiger partial charge is 0.217 e. The fourth-order valence-corrected chi connectivity index (χ4v) is 4.81. The fraction of sp³-hybridized carbons (Fsp3) is 0.120. The first-order valence-corrected chi connectivity index (χ1v) is 10.5. The zero-order valence-electron chi connectivity index (χ0n) is 17.4. The van der Waals surface area contributed by atoms with Gasteiger partial charge in [0.15, 0.2) is 0 Å². The quantitative estimate of drug-likeness (QED) is 0.448. The van der Waals surface area contributed by atoms with Gasteiger partial charge in [-0.1, -0.05) is 42.5 Å². The normalized spacial score (nSPS) is 14.8. The Labute approximate surface area is 183 Å². The molecule has 0 radical (unpaired) electrons. The molecule has 0 aliphatic carbocycles. The number of para-hydroxylation sites is 1. The minimum atomic E-state index is -0.162. The van der Waals surface area contributed by atoms with Gasteiger partial charge >= 0.3 is 0 Å². The van der Waals surface area contributed by atoms with Gasteiger partial charge in [-0.2, -0.15) is 0 Å². The molecule has 2 aromatic carbocycles. The van der Waals surface area contributed by atoms with E-state index in [-0.39, 0.29) is 11.9 Å². The Morgan fingerprint density at radius 3 is 2.78 bits per heavy atom. The van der Waals surface area contributed by atoms with Crippen LogP contribution in [0.4, 0.5) is 5.82 Å². The van der Waals surface area contributed by atoms with Gasteiger partial charge in [0.25, 0.3) is 0 Å². The van der Waals surface area contributed by atoms with Crippen LogP contribution < -0.4 is 11.1 Å². The number of pyridine rings is 1. The summed E-state index contributed by atoms with van der Waals surface area (Å²) in [5.41, 5.74) is 13.1. The maximum absolute atomic E-state index is 11.9. The summed E-state index contributed by atoms with van der Waals surface area (Å²) in [4.78, 5) is 25.5. The third kappa shape index (κ3) is 2.68. The topological polar surface area (TPSA) is 98.7 Å². The first-order valence-electron chi connectivity index (χ1n) is 10.5. The van der Waals surface area contributed by atoms with E-state index in [0.717, 1.165) is 49.9 Å². The largest absolute Gasteiger partial charge is 0.383 e. The highest BCUT2D eigenvalue weighted by Gasteiger charge is 2.32. The van der Waals surface area contributed by atoms with Crippen LogP contribution >= 0.6 is 0 Å². The number of benzene rings is 2. The molecule has 1 aliphatic rings. The lowest BCUT2D eigenvalue weighted by atomic mass is 9.90. The molecule has 4 heterocycles. The van der Waals surface area contributed by atoms with E-state index >= 15 is 0 Å². The molecule has 0 spiro atoms. The number of carbonyl (C=O) groups is 1. The molecule has 0 fully saturated rings. The van der Waals surface area contributed by atoms with Gasteiger partial charge in [0.1, 0.15) is 17.8 Å². The van der Waals surface area contributed by atoms with E-state index in [9.17, 15) is 4.79 Å². The van der Waals surface area contributed by atoms with E-state index in [1.165, 1.54) is 13.3 Å². The summed E-state index contributed by atoms with van der Waals surface area (Å²) >= 11 is 0. The number of aromatic nitrogens is 4. The van der Waals surface area contributed by atoms with Gasteiger partial charge in [-0.05, 0) is 17.7 Å². The molecular weight excluding hydrogens is 400 g/mol. The Kier molecular flexibility index (Phi) is 3.98. The van der Waals surface area contributed by atoms with Crippen LogP contribution in [0, 0.1) is 0 Å². The number of hydrogen-bond donors (Lipinski definition) is 2. The van der Waals surface area contributed by atoms with Gasteiger partial charge in [0.2, 0.25) is 5.91 Å². The minimum absolute atomic E-state index is 0.0715. The summed E-state index contributed by atoms with van der Waals surface area (Å²) in [5, 5.41) is 4.94. The summed E-state index contributed by atoms with van der Waals surface area (Å²) in [6, 6.07) is 18.2. The first kappa shape index (κ1) is 18.5. The van der Waals surface area contributed by atoms with Gasteiger partial charge in [0, 0.05) is 41.7 Å². The molecule has 5 aromatic rings. The Bertz CT molecular complexity index is 1540. The van der Waals surface area contributed by atoms with E-state index < -0.39 is 0 Å². The lowest BCUT2D eigenvalue weighted by molar-refractivity contribution is -0.119. The molecule has 1 aliphatic heterocycles. The number of nitrogens with two attached hydrogens (primary N) is 1. The van der Waals surface area contributed by atoms with Crippen molar-refractivity contribution in [2.45, 2.75) is 19.5 Å². The number of amides is 1. The van der Waals surface area contributed by atoms with E-state index in [0.29, 0.717) is 12.4 Å².